The van der Waals surface area contributed by atoms with E-state index >= 15 is 0 Å². The van der Waals surface area contributed by atoms with E-state index in [0.717, 1.165) is 24.8 Å². The fourth-order valence-corrected chi connectivity index (χ4v) is 4.64. The molecule has 1 aliphatic rings. The molecule has 2 amide bonds. The zero-order valence-electron chi connectivity index (χ0n) is 19.6. The highest BCUT2D eigenvalue weighted by molar-refractivity contribution is 5.92. The summed E-state index contributed by atoms with van der Waals surface area (Å²) < 4.78 is 0. The van der Waals surface area contributed by atoms with Crippen LogP contribution in [0, 0.1) is 5.92 Å². The topological polar surface area (TPSA) is 53.5 Å². The second-order valence-corrected chi connectivity index (χ2v) is 8.79. The van der Waals surface area contributed by atoms with Gasteiger partial charge in [-0.3, -0.25) is 14.6 Å². The van der Waals surface area contributed by atoms with Gasteiger partial charge in [0.2, 0.25) is 5.91 Å². The lowest BCUT2D eigenvalue weighted by molar-refractivity contribution is -0.127. The number of carbonyl (C=O) groups is 2. The Morgan fingerprint density at radius 1 is 0.971 bits per heavy atom. The maximum atomic E-state index is 13.2. The highest BCUT2D eigenvalue weighted by atomic mass is 16.2. The van der Waals surface area contributed by atoms with Crippen molar-refractivity contribution in [1.29, 1.82) is 0 Å². The van der Waals surface area contributed by atoms with Crippen molar-refractivity contribution in [3.05, 3.63) is 108 Å². The smallest absolute Gasteiger partial charge is 0.272 e. The van der Waals surface area contributed by atoms with Crippen molar-refractivity contribution in [3.8, 4) is 0 Å². The van der Waals surface area contributed by atoms with Crippen LogP contribution in [-0.2, 0) is 11.2 Å². The lowest BCUT2D eigenvalue weighted by Crippen LogP contribution is -2.48. The van der Waals surface area contributed by atoms with Crippen LogP contribution >= 0.6 is 0 Å². The van der Waals surface area contributed by atoms with Gasteiger partial charge in [-0.2, -0.15) is 0 Å². The van der Waals surface area contributed by atoms with Crippen molar-refractivity contribution in [2.45, 2.75) is 25.3 Å². The Balaban J connectivity index is 1.44. The van der Waals surface area contributed by atoms with Crippen LogP contribution in [0.15, 0.2) is 91.1 Å². The molecule has 2 aromatic carbocycles. The normalized spacial score (nSPS) is 15.3. The van der Waals surface area contributed by atoms with Crippen LogP contribution in [0.5, 0.6) is 0 Å². The number of rotatable bonds is 7. The molecule has 1 fully saturated rings. The van der Waals surface area contributed by atoms with Gasteiger partial charge in [0.15, 0.2) is 0 Å². The molecule has 5 nitrogen and oxygen atoms in total. The lowest BCUT2D eigenvalue weighted by atomic mass is 9.84. The van der Waals surface area contributed by atoms with Crippen LogP contribution in [0.4, 0.5) is 0 Å². The van der Waals surface area contributed by atoms with E-state index in [4.69, 9.17) is 0 Å². The number of likely N-dealkylation sites (tertiary alicyclic amines) is 1. The molecule has 5 heteroatoms. The molecule has 1 atom stereocenters. The Labute approximate surface area is 201 Å². The molecule has 0 aliphatic carbocycles. The summed E-state index contributed by atoms with van der Waals surface area (Å²) in [4.78, 5) is 34.0. The molecule has 1 saturated heterocycles. The van der Waals surface area contributed by atoms with Gasteiger partial charge in [0.25, 0.3) is 5.91 Å². The first-order valence-electron chi connectivity index (χ1n) is 11.9. The van der Waals surface area contributed by atoms with Crippen LogP contribution in [0.3, 0.4) is 0 Å². The van der Waals surface area contributed by atoms with Crippen molar-refractivity contribution in [1.82, 2.24) is 14.8 Å². The average molecular weight is 454 g/mol. The second-order valence-electron chi connectivity index (χ2n) is 8.79. The third kappa shape index (κ3) is 5.98. The average Bonchev–Trinajstić information content (AvgIpc) is 2.91. The van der Waals surface area contributed by atoms with E-state index in [1.165, 1.54) is 5.56 Å². The molecular formula is C29H31N3O2. The number of amides is 2. The van der Waals surface area contributed by atoms with Gasteiger partial charge in [-0.25, -0.2) is 0 Å². The molecule has 0 N–H and O–H groups in total. The molecular weight excluding hydrogens is 422 g/mol. The van der Waals surface area contributed by atoms with E-state index in [-0.39, 0.29) is 17.9 Å². The fraction of sp³-hybridized carbons (Fsp3) is 0.276. The fourth-order valence-electron chi connectivity index (χ4n) is 4.64. The number of nitrogens with zero attached hydrogens (tertiary/aromatic N) is 3. The number of pyridine rings is 1. The second kappa shape index (κ2) is 11.4. The monoisotopic (exact) mass is 453 g/mol. The maximum absolute atomic E-state index is 13.2. The SMILES string of the molecule is CN(C(=O)c1ccccn1)C(Cc1ccccc1)C1CCN(C(=O)C=Cc2ccccc2)CC1. The van der Waals surface area contributed by atoms with Gasteiger partial charge in [-0.05, 0) is 54.5 Å². The standard InChI is InChI=1S/C29H31N3O2/c1-31(29(34)26-14-8-9-19-30-26)27(22-24-12-6-3-7-13-24)25-17-20-32(21-18-25)28(33)16-15-23-10-4-2-5-11-23/h2-16,19,25,27H,17-18,20-22H2,1H3. The number of carbonyl (C=O) groups excluding carboxylic acids is 2. The molecule has 4 rings (SSSR count). The van der Waals surface area contributed by atoms with Gasteiger partial charge >= 0.3 is 0 Å². The Morgan fingerprint density at radius 3 is 2.26 bits per heavy atom. The third-order valence-corrected chi connectivity index (χ3v) is 6.60. The van der Waals surface area contributed by atoms with Gasteiger partial charge < -0.3 is 9.80 Å². The summed E-state index contributed by atoms with van der Waals surface area (Å²) in [6, 6.07) is 25.6. The Kier molecular flexibility index (Phi) is 7.87. The summed E-state index contributed by atoms with van der Waals surface area (Å²) >= 11 is 0. The van der Waals surface area contributed by atoms with Gasteiger partial charge in [0.1, 0.15) is 5.69 Å². The van der Waals surface area contributed by atoms with Crippen molar-refractivity contribution in [2.24, 2.45) is 5.92 Å². The first kappa shape index (κ1) is 23.4. The van der Waals surface area contributed by atoms with E-state index in [1.54, 1.807) is 18.3 Å². The van der Waals surface area contributed by atoms with Gasteiger partial charge in [-0.15, -0.1) is 0 Å². The van der Waals surface area contributed by atoms with Crippen LogP contribution in [0.2, 0.25) is 0 Å². The highest BCUT2D eigenvalue weighted by Gasteiger charge is 2.33. The predicted molar refractivity (Wildman–Crippen MR) is 135 cm³/mol. The first-order chi connectivity index (χ1) is 16.6. The van der Waals surface area contributed by atoms with E-state index in [2.05, 4.69) is 17.1 Å². The third-order valence-electron chi connectivity index (χ3n) is 6.60. The number of hydrogen-bond acceptors (Lipinski definition) is 3. The minimum atomic E-state index is -0.0640. The Bertz CT molecular complexity index is 1090. The van der Waals surface area contributed by atoms with Crippen molar-refractivity contribution >= 4 is 17.9 Å². The lowest BCUT2D eigenvalue weighted by Gasteiger charge is -2.40. The van der Waals surface area contributed by atoms with Gasteiger partial charge in [0.05, 0.1) is 0 Å². The number of benzene rings is 2. The highest BCUT2D eigenvalue weighted by Crippen LogP contribution is 2.27. The molecule has 1 aliphatic heterocycles. The van der Waals surface area contributed by atoms with Crippen LogP contribution < -0.4 is 0 Å². The molecule has 1 aromatic heterocycles. The molecule has 34 heavy (non-hydrogen) atoms. The summed E-state index contributed by atoms with van der Waals surface area (Å²) in [5, 5.41) is 0. The number of hydrogen-bond donors (Lipinski definition) is 0. The molecule has 0 radical (unpaired) electrons. The quantitative estimate of drug-likeness (QED) is 0.487. The Hall–Kier alpha value is -3.73. The van der Waals surface area contributed by atoms with Gasteiger partial charge in [-0.1, -0.05) is 66.7 Å². The minimum Gasteiger partial charge on any atom is -0.339 e. The van der Waals surface area contributed by atoms with E-state index < -0.39 is 0 Å². The van der Waals surface area contributed by atoms with Gasteiger partial charge in [0, 0.05) is 38.5 Å². The molecule has 0 saturated carbocycles. The zero-order chi connectivity index (χ0) is 23.8. The van der Waals surface area contributed by atoms with Crippen molar-refractivity contribution in [2.75, 3.05) is 20.1 Å². The molecule has 2 heterocycles. The summed E-state index contributed by atoms with van der Waals surface area (Å²) in [6.45, 7) is 1.39. The summed E-state index contributed by atoms with van der Waals surface area (Å²) in [6.07, 6.45) is 7.69. The number of aromatic nitrogens is 1. The van der Waals surface area contributed by atoms with Crippen LogP contribution in [-0.4, -0.2) is 52.8 Å². The van der Waals surface area contributed by atoms with Crippen LogP contribution in [0.1, 0.15) is 34.5 Å². The molecule has 3 aromatic rings. The van der Waals surface area contributed by atoms with Crippen molar-refractivity contribution < 1.29 is 9.59 Å². The molecule has 0 spiro atoms. The molecule has 0 bridgehead atoms. The number of likely N-dealkylation sites (N-methyl/N-ethyl adjacent to an activating group) is 1. The van der Waals surface area contributed by atoms with E-state index in [0.29, 0.717) is 24.7 Å². The summed E-state index contributed by atoms with van der Waals surface area (Å²) in [5.74, 6) is 0.283. The summed E-state index contributed by atoms with van der Waals surface area (Å²) in [5.41, 5.74) is 2.68. The zero-order valence-corrected chi connectivity index (χ0v) is 19.6. The van der Waals surface area contributed by atoms with E-state index in [1.807, 2.05) is 83.6 Å². The summed E-state index contributed by atoms with van der Waals surface area (Å²) in [7, 11) is 1.88. The Morgan fingerprint density at radius 2 is 1.62 bits per heavy atom. The first-order valence-corrected chi connectivity index (χ1v) is 11.9. The number of piperidine rings is 1. The maximum Gasteiger partial charge on any atom is 0.272 e. The minimum absolute atomic E-state index is 0.0361. The van der Waals surface area contributed by atoms with Crippen molar-refractivity contribution in [3.63, 3.8) is 0 Å². The van der Waals surface area contributed by atoms with Crippen LogP contribution in [0.25, 0.3) is 6.08 Å². The largest absolute Gasteiger partial charge is 0.339 e. The van der Waals surface area contributed by atoms with E-state index in [9.17, 15) is 9.59 Å². The predicted octanol–water partition coefficient (Wildman–Crippen LogP) is 4.72. The molecule has 1 unspecified atom stereocenters. The molecule has 174 valence electrons.